The average molecular weight is 778 g/mol. The lowest BCUT2D eigenvalue weighted by Crippen LogP contribution is -2.54. The molecule has 1 N–H and O–H groups in total. The van der Waals surface area contributed by atoms with Gasteiger partial charge in [-0.25, -0.2) is 9.69 Å². The zero-order valence-electron chi connectivity index (χ0n) is 23.6. The van der Waals surface area contributed by atoms with Gasteiger partial charge in [-0.05, 0) is 101 Å². The number of rotatable bonds is 10. The number of halogens is 4. The zero-order chi connectivity index (χ0) is 32.1. The van der Waals surface area contributed by atoms with Crippen LogP contribution in [0.5, 0.6) is 17.2 Å². The smallest absolute Gasteiger partial charge is 0.335 e. The molecule has 1 aliphatic heterocycles. The monoisotopic (exact) mass is 776 g/mol. The van der Waals surface area contributed by atoms with Crippen LogP contribution in [0.4, 0.5) is 10.5 Å². The number of urea groups is 1. The number of barbiturate groups is 1. The summed E-state index contributed by atoms with van der Waals surface area (Å²) in [5.74, 6) is -0.177. The normalized spacial score (nSPS) is 14.0. The molecule has 0 spiro atoms. The highest BCUT2D eigenvalue weighted by Gasteiger charge is 2.37. The van der Waals surface area contributed by atoms with Crippen molar-refractivity contribution in [2.24, 2.45) is 0 Å². The third-order valence-electron chi connectivity index (χ3n) is 6.56. The molecule has 0 saturated carbocycles. The van der Waals surface area contributed by atoms with Gasteiger partial charge in [-0.3, -0.25) is 14.9 Å². The van der Waals surface area contributed by atoms with Crippen molar-refractivity contribution in [2.75, 3.05) is 11.5 Å². The van der Waals surface area contributed by atoms with Crippen molar-refractivity contribution >= 4 is 87.0 Å². The molecular weight excluding hydrogens is 754 g/mol. The van der Waals surface area contributed by atoms with Gasteiger partial charge in [-0.15, -0.1) is 0 Å². The summed E-state index contributed by atoms with van der Waals surface area (Å²) in [5, 5.41) is 3.69. The predicted octanol–water partition coefficient (Wildman–Crippen LogP) is 8.47. The Morgan fingerprint density at radius 3 is 2.29 bits per heavy atom. The Bertz CT molecular complexity index is 1810. The van der Waals surface area contributed by atoms with E-state index in [9.17, 15) is 14.4 Å². The van der Waals surface area contributed by atoms with Crippen molar-refractivity contribution in [1.29, 1.82) is 0 Å². The summed E-state index contributed by atoms with van der Waals surface area (Å²) in [4.78, 5) is 40.0. The lowest BCUT2D eigenvalue weighted by molar-refractivity contribution is -0.122. The van der Waals surface area contributed by atoms with E-state index >= 15 is 0 Å². The second-order valence-electron chi connectivity index (χ2n) is 9.63. The van der Waals surface area contributed by atoms with Crippen molar-refractivity contribution in [3.8, 4) is 17.2 Å². The summed E-state index contributed by atoms with van der Waals surface area (Å²) in [7, 11) is 0. The first kappa shape index (κ1) is 32.6. The number of amides is 4. The number of anilines is 1. The van der Waals surface area contributed by atoms with Crippen LogP contribution in [0.3, 0.4) is 0 Å². The van der Waals surface area contributed by atoms with E-state index in [1.54, 1.807) is 54.6 Å². The summed E-state index contributed by atoms with van der Waals surface area (Å²) >= 11 is 20.4. The molecule has 0 aliphatic carbocycles. The van der Waals surface area contributed by atoms with Crippen LogP contribution in [0.2, 0.25) is 15.1 Å². The zero-order valence-corrected chi connectivity index (χ0v) is 28.0. The van der Waals surface area contributed by atoms with Crippen LogP contribution in [0.15, 0.2) is 84.4 Å². The number of carbonyl (C=O) groups is 3. The van der Waals surface area contributed by atoms with Gasteiger partial charge in [0.15, 0.2) is 11.5 Å². The Hall–Kier alpha value is -3.77. The molecule has 45 heavy (non-hydrogen) atoms. The molecule has 0 bridgehead atoms. The Kier molecular flexibility index (Phi) is 10.5. The number of hydrogen-bond acceptors (Lipinski definition) is 6. The first-order valence-corrected chi connectivity index (χ1v) is 15.8. The van der Waals surface area contributed by atoms with Gasteiger partial charge in [-0.2, -0.15) is 0 Å². The fourth-order valence-electron chi connectivity index (χ4n) is 4.39. The van der Waals surface area contributed by atoms with Crippen molar-refractivity contribution in [2.45, 2.75) is 20.1 Å². The van der Waals surface area contributed by atoms with E-state index in [1.807, 2.05) is 31.2 Å². The van der Waals surface area contributed by atoms with Crippen molar-refractivity contribution in [3.05, 3.63) is 120 Å². The first-order chi connectivity index (χ1) is 21.6. The van der Waals surface area contributed by atoms with E-state index in [4.69, 9.17) is 49.0 Å². The second kappa shape index (κ2) is 14.6. The lowest BCUT2D eigenvalue weighted by atomic mass is 10.1. The number of ether oxygens (including phenoxy) is 3. The molecule has 0 atom stereocenters. The van der Waals surface area contributed by atoms with Crippen molar-refractivity contribution in [3.63, 3.8) is 0 Å². The summed E-state index contributed by atoms with van der Waals surface area (Å²) in [6.45, 7) is 2.62. The molecule has 0 radical (unpaired) electrons. The van der Waals surface area contributed by atoms with Gasteiger partial charge < -0.3 is 14.2 Å². The maximum atomic E-state index is 13.5. The largest absolute Gasteiger partial charge is 0.490 e. The molecule has 1 heterocycles. The topological polar surface area (TPSA) is 94.2 Å². The Balaban J connectivity index is 1.36. The highest BCUT2D eigenvalue weighted by Crippen LogP contribution is 2.36. The minimum atomic E-state index is -0.859. The van der Waals surface area contributed by atoms with Gasteiger partial charge in [0.2, 0.25) is 0 Å². The fourth-order valence-corrected chi connectivity index (χ4v) is 5.68. The van der Waals surface area contributed by atoms with Gasteiger partial charge in [0.05, 0.1) is 25.9 Å². The van der Waals surface area contributed by atoms with E-state index in [1.165, 1.54) is 6.08 Å². The number of hydrogen-bond donors (Lipinski definition) is 1. The fraction of sp³-hybridized carbons (Fsp3) is 0.121. The Morgan fingerprint density at radius 1 is 0.822 bits per heavy atom. The van der Waals surface area contributed by atoms with Gasteiger partial charge in [0, 0.05) is 10.6 Å². The third kappa shape index (κ3) is 7.73. The Morgan fingerprint density at radius 2 is 1.58 bits per heavy atom. The maximum absolute atomic E-state index is 13.5. The van der Waals surface area contributed by atoms with Gasteiger partial charge >= 0.3 is 6.03 Å². The van der Waals surface area contributed by atoms with E-state index in [-0.39, 0.29) is 24.5 Å². The Labute approximate surface area is 287 Å². The van der Waals surface area contributed by atoms with Gasteiger partial charge in [0.1, 0.15) is 24.5 Å². The number of imide groups is 2. The number of nitrogens with one attached hydrogen (secondary N) is 1. The molecule has 0 aromatic heterocycles. The predicted molar refractivity (Wildman–Crippen MR) is 182 cm³/mol. The SMILES string of the molecule is CCOc1cc(/C=C2\C(=O)NC(=O)N(c3ccc(OCc4ccccc4Cl)cc3)C2=O)cc(I)c1OCc1ccc(Cl)c(Cl)c1. The molecule has 1 fully saturated rings. The van der Waals surface area contributed by atoms with Crippen LogP contribution in [0, 0.1) is 3.57 Å². The van der Waals surface area contributed by atoms with Crippen molar-refractivity contribution < 1.29 is 28.6 Å². The molecular formula is C33H24Cl3IN2O6. The van der Waals surface area contributed by atoms with Crippen LogP contribution in [-0.4, -0.2) is 24.5 Å². The lowest BCUT2D eigenvalue weighted by Gasteiger charge is -2.26. The average Bonchev–Trinajstić information content (AvgIpc) is 3.01. The summed E-state index contributed by atoms with van der Waals surface area (Å²) in [5.41, 5.74) is 2.16. The minimum absolute atomic E-state index is 0.204. The van der Waals surface area contributed by atoms with Crippen LogP contribution >= 0.6 is 57.4 Å². The molecule has 8 nitrogen and oxygen atoms in total. The van der Waals surface area contributed by atoms with Gasteiger partial charge in [-0.1, -0.05) is 59.1 Å². The highest BCUT2D eigenvalue weighted by atomic mass is 127. The standard InChI is InChI=1S/C33H24Cl3IN2O6/c1-2-43-29-16-20(15-28(37)30(29)45-17-19-7-12-26(35)27(36)14-19)13-24-31(40)38-33(42)39(32(24)41)22-8-10-23(11-9-22)44-18-21-5-3-4-6-25(21)34/h3-16H,2,17-18H2,1H3,(H,38,40,42)/b24-13+. The van der Waals surface area contributed by atoms with E-state index in [0.717, 1.165) is 16.0 Å². The molecule has 4 aromatic rings. The number of carbonyl (C=O) groups excluding carboxylic acids is 3. The molecule has 4 amide bonds. The van der Waals surface area contributed by atoms with E-state index in [2.05, 4.69) is 27.9 Å². The first-order valence-electron chi connectivity index (χ1n) is 13.6. The number of nitrogens with zero attached hydrogens (tertiary/aromatic N) is 1. The molecule has 4 aromatic carbocycles. The highest BCUT2D eigenvalue weighted by molar-refractivity contribution is 14.1. The van der Waals surface area contributed by atoms with E-state index in [0.29, 0.717) is 48.1 Å². The van der Waals surface area contributed by atoms with Crippen LogP contribution in [0.25, 0.3) is 6.08 Å². The summed E-state index contributed by atoms with van der Waals surface area (Å²) in [6, 6.07) is 21.5. The second-order valence-corrected chi connectivity index (χ2v) is 12.0. The van der Waals surface area contributed by atoms with Crippen LogP contribution < -0.4 is 24.4 Å². The number of benzene rings is 4. The molecule has 1 saturated heterocycles. The quantitative estimate of drug-likeness (QED) is 0.0987. The molecule has 1 aliphatic rings. The summed E-state index contributed by atoms with van der Waals surface area (Å²) in [6.07, 6.45) is 1.41. The van der Waals surface area contributed by atoms with Crippen LogP contribution in [-0.2, 0) is 22.8 Å². The van der Waals surface area contributed by atoms with Crippen molar-refractivity contribution in [1.82, 2.24) is 5.32 Å². The minimum Gasteiger partial charge on any atom is -0.490 e. The molecule has 230 valence electrons. The van der Waals surface area contributed by atoms with E-state index < -0.39 is 17.8 Å². The van der Waals surface area contributed by atoms with Crippen LogP contribution in [0.1, 0.15) is 23.6 Å². The maximum Gasteiger partial charge on any atom is 0.335 e. The molecule has 12 heteroatoms. The molecule has 5 rings (SSSR count). The third-order valence-corrected chi connectivity index (χ3v) is 8.47. The van der Waals surface area contributed by atoms with Gasteiger partial charge in [0.25, 0.3) is 11.8 Å². The summed E-state index contributed by atoms with van der Waals surface area (Å²) < 4.78 is 18.4. The molecule has 0 unspecified atom stereocenters.